The molecule has 0 saturated carbocycles. The van der Waals surface area contributed by atoms with Crippen molar-refractivity contribution in [2.75, 3.05) is 16.8 Å². The van der Waals surface area contributed by atoms with E-state index in [2.05, 4.69) is 36.2 Å². The molecular weight excluding hydrogens is 392 g/mol. The lowest BCUT2D eigenvalue weighted by atomic mass is 10.1. The maximum atomic E-state index is 5.88. The Balaban J connectivity index is 1.83. The zero-order valence-corrected chi connectivity index (χ0v) is 15.2. The molecule has 2 aromatic heterocycles. The van der Waals surface area contributed by atoms with E-state index in [4.69, 9.17) is 11.5 Å². The topological polar surface area (TPSA) is 103 Å². The number of fused-ring (bicyclic) bond motifs is 1. The summed E-state index contributed by atoms with van der Waals surface area (Å²) in [6.07, 6.45) is 1.75. The van der Waals surface area contributed by atoms with Crippen molar-refractivity contribution in [3.63, 3.8) is 0 Å². The summed E-state index contributed by atoms with van der Waals surface area (Å²) in [7, 11) is 0. The predicted octanol–water partition coefficient (Wildman–Crippen LogP) is 4.36. The minimum absolute atomic E-state index is 0.219. The minimum Gasteiger partial charge on any atom is -0.384 e. The van der Waals surface area contributed by atoms with Gasteiger partial charge < -0.3 is 16.8 Å². The third-order valence-electron chi connectivity index (χ3n) is 3.92. The molecule has 128 valence electrons. The van der Waals surface area contributed by atoms with Crippen molar-refractivity contribution in [1.29, 1.82) is 0 Å². The van der Waals surface area contributed by atoms with E-state index in [0.29, 0.717) is 11.6 Å². The molecule has 0 unspecified atom stereocenters. The summed E-state index contributed by atoms with van der Waals surface area (Å²) in [5.41, 5.74) is 15.2. The van der Waals surface area contributed by atoms with E-state index >= 15 is 0 Å². The number of pyridine rings is 1. The van der Waals surface area contributed by atoms with Crippen molar-refractivity contribution in [2.24, 2.45) is 0 Å². The number of hydrogen-bond donors (Lipinski definition) is 3. The van der Waals surface area contributed by atoms with Crippen molar-refractivity contribution in [3.8, 4) is 11.1 Å². The van der Waals surface area contributed by atoms with Crippen molar-refractivity contribution in [3.05, 3.63) is 65.3 Å². The molecule has 0 aliphatic heterocycles. The second-order valence-corrected chi connectivity index (χ2v) is 6.69. The molecule has 0 aliphatic rings. The summed E-state index contributed by atoms with van der Waals surface area (Å²) in [4.78, 5) is 12.9. The monoisotopic (exact) mass is 406 g/mol. The molecule has 0 bridgehead atoms. The molecule has 0 saturated heterocycles. The lowest BCUT2D eigenvalue weighted by molar-refractivity contribution is 1.23. The van der Waals surface area contributed by atoms with Gasteiger partial charge in [-0.05, 0) is 48.0 Å². The van der Waals surface area contributed by atoms with Crippen LogP contribution in [-0.4, -0.2) is 15.0 Å². The van der Waals surface area contributed by atoms with Gasteiger partial charge in [0.15, 0.2) is 0 Å². The number of benzene rings is 2. The van der Waals surface area contributed by atoms with Gasteiger partial charge in [-0.25, -0.2) is 9.97 Å². The largest absolute Gasteiger partial charge is 0.384 e. The van der Waals surface area contributed by atoms with Gasteiger partial charge in [-0.2, -0.15) is 4.98 Å². The second kappa shape index (κ2) is 6.61. The molecule has 2 heterocycles. The van der Waals surface area contributed by atoms with Crippen LogP contribution in [0.4, 0.5) is 23.3 Å². The van der Waals surface area contributed by atoms with Crippen molar-refractivity contribution < 1.29 is 0 Å². The quantitative estimate of drug-likeness (QED) is 0.466. The van der Waals surface area contributed by atoms with Crippen LogP contribution in [0.25, 0.3) is 22.0 Å². The molecule has 0 spiro atoms. The standard InChI is InChI=1S/C19H15BrN6/c20-13-2-1-3-14(9-13)24-18-15-8-11(12-5-7-17(21)23-10-12)4-6-16(15)25-19(22)26-18/h1-10H,(H2,21,23)(H3,22,24,25,26). The van der Waals surface area contributed by atoms with E-state index in [1.165, 1.54) is 0 Å². The molecule has 4 rings (SSSR count). The zero-order valence-electron chi connectivity index (χ0n) is 13.6. The molecule has 4 aromatic rings. The lowest BCUT2D eigenvalue weighted by Gasteiger charge is -2.11. The van der Waals surface area contributed by atoms with Crippen LogP contribution in [0.15, 0.2) is 65.3 Å². The summed E-state index contributed by atoms with van der Waals surface area (Å²) in [5, 5.41) is 4.19. The highest BCUT2D eigenvalue weighted by Gasteiger charge is 2.09. The Labute approximate surface area is 158 Å². The first-order valence-corrected chi connectivity index (χ1v) is 8.69. The smallest absolute Gasteiger partial charge is 0.222 e. The van der Waals surface area contributed by atoms with E-state index in [1.807, 2.05) is 48.5 Å². The molecule has 0 amide bonds. The molecule has 2 aromatic carbocycles. The van der Waals surface area contributed by atoms with Crippen LogP contribution < -0.4 is 16.8 Å². The SMILES string of the molecule is Nc1ccc(-c2ccc3nc(N)nc(Nc4cccc(Br)c4)c3c2)cn1. The first-order valence-electron chi connectivity index (χ1n) is 7.90. The van der Waals surface area contributed by atoms with Gasteiger partial charge >= 0.3 is 0 Å². The van der Waals surface area contributed by atoms with Gasteiger partial charge in [-0.15, -0.1) is 0 Å². The Morgan fingerprint density at radius 2 is 1.73 bits per heavy atom. The predicted molar refractivity (Wildman–Crippen MR) is 109 cm³/mol. The highest BCUT2D eigenvalue weighted by Crippen LogP contribution is 2.30. The van der Waals surface area contributed by atoms with Crippen LogP contribution in [0.3, 0.4) is 0 Å². The van der Waals surface area contributed by atoms with E-state index < -0.39 is 0 Å². The number of rotatable bonds is 3. The summed E-state index contributed by atoms with van der Waals surface area (Å²) in [6, 6.07) is 17.5. The van der Waals surface area contributed by atoms with Gasteiger partial charge in [0.05, 0.1) is 5.52 Å². The summed E-state index contributed by atoms with van der Waals surface area (Å²) in [5.74, 6) is 1.36. The number of halogens is 1. The zero-order chi connectivity index (χ0) is 18.1. The normalized spacial score (nSPS) is 10.8. The molecule has 0 radical (unpaired) electrons. The Hall–Kier alpha value is -3.19. The molecule has 0 aliphatic carbocycles. The van der Waals surface area contributed by atoms with Crippen molar-refractivity contribution in [1.82, 2.24) is 15.0 Å². The lowest BCUT2D eigenvalue weighted by Crippen LogP contribution is -2.01. The van der Waals surface area contributed by atoms with Gasteiger partial charge in [-0.3, -0.25) is 0 Å². The van der Waals surface area contributed by atoms with Crippen LogP contribution in [-0.2, 0) is 0 Å². The molecule has 6 nitrogen and oxygen atoms in total. The molecule has 5 N–H and O–H groups in total. The highest BCUT2D eigenvalue weighted by molar-refractivity contribution is 9.10. The number of aromatic nitrogens is 3. The van der Waals surface area contributed by atoms with Gasteiger partial charge in [0.2, 0.25) is 5.95 Å². The highest BCUT2D eigenvalue weighted by atomic mass is 79.9. The molecule has 0 fully saturated rings. The van der Waals surface area contributed by atoms with Crippen molar-refractivity contribution in [2.45, 2.75) is 0 Å². The average molecular weight is 407 g/mol. The van der Waals surface area contributed by atoms with Crippen LogP contribution in [0.2, 0.25) is 0 Å². The Kier molecular flexibility index (Phi) is 4.14. The number of nitrogens with zero attached hydrogens (tertiary/aromatic N) is 3. The number of anilines is 4. The molecule has 7 heteroatoms. The van der Waals surface area contributed by atoms with Gasteiger partial charge in [0, 0.05) is 27.3 Å². The average Bonchev–Trinajstić information content (AvgIpc) is 2.62. The maximum absolute atomic E-state index is 5.88. The number of nitrogens with one attached hydrogen (secondary N) is 1. The molecule has 0 atom stereocenters. The summed E-state index contributed by atoms with van der Waals surface area (Å²) in [6.45, 7) is 0. The Morgan fingerprint density at radius 3 is 2.50 bits per heavy atom. The number of nitrogen functional groups attached to an aromatic ring is 2. The fraction of sp³-hybridized carbons (Fsp3) is 0. The molecular formula is C19H15BrN6. The first-order chi connectivity index (χ1) is 12.6. The van der Waals surface area contributed by atoms with E-state index in [1.54, 1.807) is 12.3 Å². The van der Waals surface area contributed by atoms with Crippen LogP contribution in [0.5, 0.6) is 0 Å². The third-order valence-corrected chi connectivity index (χ3v) is 4.41. The van der Waals surface area contributed by atoms with Gasteiger partial charge in [0.25, 0.3) is 0 Å². The maximum Gasteiger partial charge on any atom is 0.222 e. The number of nitrogens with two attached hydrogens (primary N) is 2. The second-order valence-electron chi connectivity index (χ2n) is 5.77. The van der Waals surface area contributed by atoms with E-state index in [-0.39, 0.29) is 5.95 Å². The van der Waals surface area contributed by atoms with Crippen LogP contribution in [0.1, 0.15) is 0 Å². The van der Waals surface area contributed by atoms with E-state index in [9.17, 15) is 0 Å². The van der Waals surface area contributed by atoms with Gasteiger partial charge in [-0.1, -0.05) is 28.1 Å². The van der Waals surface area contributed by atoms with Crippen molar-refractivity contribution >= 4 is 50.1 Å². The fourth-order valence-corrected chi connectivity index (χ4v) is 3.10. The first kappa shape index (κ1) is 16.3. The summed E-state index contributed by atoms with van der Waals surface area (Å²) < 4.78 is 0.975. The van der Waals surface area contributed by atoms with E-state index in [0.717, 1.165) is 32.2 Å². The third kappa shape index (κ3) is 3.29. The minimum atomic E-state index is 0.219. The van der Waals surface area contributed by atoms with Crippen LogP contribution in [0, 0.1) is 0 Å². The number of hydrogen-bond acceptors (Lipinski definition) is 6. The molecule has 26 heavy (non-hydrogen) atoms. The fourth-order valence-electron chi connectivity index (χ4n) is 2.70. The van der Waals surface area contributed by atoms with Gasteiger partial charge in [0.1, 0.15) is 11.6 Å². The van der Waals surface area contributed by atoms with Crippen LogP contribution >= 0.6 is 15.9 Å². The Bertz CT molecular complexity index is 1090. The Morgan fingerprint density at radius 1 is 0.885 bits per heavy atom. The summed E-state index contributed by atoms with van der Waals surface area (Å²) >= 11 is 3.47.